The van der Waals surface area contributed by atoms with Crippen LogP contribution in [0.5, 0.6) is 0 Å². The van der Waals surface area contributed by atoms with Gasteiger partial charge in [0.2, 0.25) is 11.8 Å². The fourth-order valence-corrected chi connectivity index (χ4v) is 3.49. The molecule has 0 atom stereocenters. The van der Waals surface area contributed by atoms with Crippen LogP contribution in [0.4, 0.5) is 10.9 Å². The zero-order chi connectivity index (χ0) is 16.4. The van der Waals surface area contributed by atoms with Crippen molar-refractivity contribution in [2.24, 2.45) is 0 Å². The first kappa shape index (κ1) is 15.6. The molecule has 0 saturated heterocycles. The third-order valence-corrected chi connectivity index (χ3v) is 4.35. The largest absolute Gasteiger partial charge is 0.360 e. The summed E-state index contributed by atoms with van der Waals surface area (Å²) in [6.07, 6.45) is 0.766. The summed E-state index contributed by atoms with van der Waals surface area (Å²) in [5, 5.41) is 9.77. The lowest BCUT2D eigenvalue weighted by atomic mass is 10.2. The Bertz CT molecular complexity index is 739. The molecule has 0 bridgehead atoms. The number of anilines is 2. The van der Waals surface area contributed by atoms with E-state index in [1.807, 2.05) is 4.90 Å². The molecule has 9 heteroatoms. The first-order valence-electron chi connectivity index (χ1n) is 7.21. The SMILES string of the molecule is CC(=O)Nc1nc2c(s1)CN(CC(=O)Nc1cc(C)on1)CC2. The van der Waals surface area contributed by atoms with Crippen LogP contribution in [0.1, 0.15) is 23.3 Å². The number of carbonyl (C=O) groups excluding carboxylic acids is 2. The first-order chi connectivity index (χ1) is 11.0. The Morgan fingerprint density at radius 2 is 2.26 bits per heavy atom. The van der Waals surface area contributed by atoms with Crippen molar-refractivity contribution in [2.75, 3.05) is 23.7 Å². The molecular weight excluding hydrogens is 318 g/mol. The van der Waals surface area contributed by atoms with E-state index in [0.717, 1.165) is 23.5 Å². The fraction of sp³-hybridized carbons (Fsp3) is 0.429. The number of thiazole rings is 1. The third kappa shape index (κ3) is 3.93. The van der Waals surface area contributed by atoms with E-state index in [2.05, 4.69) is 20.8 Å². The van der Waals surface area contributed by atoms with Crippen molar-refractivity contribution in [2.45, 2.75) is 26.8 Å². The number of nitrogens with one attached hydrogen (secondary N) is 2. The van der Waals surface area contributed by atoms with Gasteiger partial charge in [-0.2, -0.15) is 0 Å². The smallest absolute Gasteiger partial charge is 0.239 e. The van der Waals surface area contributed by atoms with Crippen LogP contribution in [-0.4, -0.2) is 39.9 Å². The van der Waals surface area contributed by atoms with Crippen LogP contribution in [0, 0.1) is 6.92 Å². The van der Waals surface area contributed by atoms with Gasteiger partial charge in [0.25, 0.3) is 0 Å². The lowest BCUT2D eigenvalue weighted by Crippen LogP contribution is -2.36. The van der Waals surface area contributed by atoms with Crippen LogP contribution in [0.15, 0.2) is 10.6 Å². The van der Waals surface area contributed by atoms with Gasteiger partial charge < -0.3 is 15.2 Å². The molecule has 1 aliphatic rings. The number of fused-ring (bicyclic) bond motifs is 1. The maximum absolute atomic E-state index is 12.0. The Morgan fingerprint density at radius 3 is 2.96 bits per heavy atom. The average Bonchev–Trinajstić information content (AvgIpc) is 3.03. The molecule has 0 unspecified atom stereocenters. The van der Waals surface area contributed by atoms with E-state index >= 15 is 0 Å². The molecule has 0 aromatic carbocycles. The fourth-order valence-electron chi connectivity index (χ4n) is 2.40. The lowest BCUT2D eigenvalue weighted by molar-refractivity contribution is -0.117. The van der Waals surface area contributed by atoms with Gasteiger partial charge in [-0.3, -0.25) is 14.5 Å². The van der Waals surface area contributed by atoms with Crippen LogP contribution < -0.4 is 10.6 Å². The molecule has 2 amide bonds. The van der Waals surface area contributed by atoms with Crippen molar-refractivity contribution in [3.8, 4) is 0 Å². The molecule has 0 radical (unpaired) electrons. The summed E-state index contributed by atoms with van der Waals surface area (Å²) < 4.78 is 4.92. The summed E-state index contributed by atoms with van der Waals surface area (Å²) in [7, 11) is 0. The zero-order valence-electron chi connectivity index (χ0n) is 12.9. The minimum absolute atomic E-state index is 0.129. The monoisotopic (exact) mass is 335 g/mol. The average molecular weight is 335 g/mol. The molecule has 0 fully saturated rings. The van der Waals surface area contributed by atoms with Gasteiger partial charge in [0, 0.05) is 37.4 Å². The number of amides is 2. The van der Waals surface area contributed by atoms with Crippen molar-refractivity contribution in [3.05, 3.63) is 22.4 Å². The van der Waals surface area contributed by atoms with Gasteiger partial charge in [0.05, 0.1) is 12.2 Å². The molecule has 1 aliphatic heterocycles. The second kappa shape index (κ2) is 6.47. The molecule has 0 aliphatic carbocycles. The van der Waals surface area contributed by atoms with Gasteiger partial charge in [-0.1, -0.05) is 5.16 Å². The number of hydrogen-bond donors (Lipinski definition) is 2. The topological polar surface area (TPSA) is 100 Å². The molecule has 3 rings (SSSR count). The molecule has 23 heavy (non-hydrogen) atoms. The van der Waals surface area contributed by atoms with Crippen LogP contribution in [-0.2, 0) is 22.6 Å². The standard InChI is InChI=1S/C14H17N5O3S/c1-8-5-12(18-22-8)17-13(21)7-19-4-3-10-11(6-19)23-14(16-10)15-9(2)20/h5H,3-4,6-7H2,1-2H3,(H,15,16,20)(H,17,18,21). The van der Waals surface area contributed by atoms with Gasteiger partial charge in [-0.05, 0) is 6.92 Å². The molecule has 122 valence electrons. The van der Waals surface area contributed by atoms with Gasteiger partial charge in [0.1, 0.15) is 5.76 Å². The number of hydrogen-bond acceptors (Lipinski definition) is 7. The molecular formula is C14H17N5O3S. The van der Waals surface area contributed by atoms with E-state index in [-0.39, 0.29) is 18.4 Å². The van der Waals surface area contributed by atoms with E-state index < -0.39 is 0 Å². The molecule has 2 N–H and O–H groups in total. The summed E-state index contributed by atoms with van der Waals surface area (Å²) in [5.74, 6) is 0.817. The minimum atomic E-state index is -0.131. The van der Waals surface area contributed by atoms with Crippen molar-refractivity contribution < 1.29 is 14.1 Å². The highest BCUT2D eigenvalue weighted by molar-refractivity contribution is 7.15. The highest BCUT2D eigenvalue weighted by atomic mass is 32.1. The lowest BCUT2D eigenvalue weighted by Gasteiger charge is -2.24. The number of aryl methyl sites for hydroxylation is 1. The van der Waals surface area contributed by atoms with Gasteiger partial charge >= 0.3 is 0 Å². The van der Waals surface area contributed by atoms with Gasteiger partial charge in [-0.15, -0.1) is 11.3 Å². The number of carbonyl (C=O) groups is 2. The van der Waals surface area contributed by atoms with Crippen molar-refractivity contribution in [1.29, 1.82) is 0 Å². The predicted molar refractivity (Wildman–Crippen MR) is 85.3 cm³/mol. The van der Waals surface area contributed by atoms with Gasteiger partial charge in [-0.25, -0.2) is 4.98 Å². The normalized spacial score (nSPS) is 14.3. The second-order valence-corrected chi connectivity index (χ2v) is 6.49. The number of nitrogens with zero attached hydrogens (tertiary/aromatic N) is 3. The summed E-state index contributed by atoms with van der Waals surface area (Å²) in [4.78, 5) is 30.7. The Labute approximate surface area is 136 Å². The van der Waals surface area contributed by atoms with Crippen molar-refractivity contribution in [3.63, 3.8) is 0 Å². The number of aromatic nitrogens is 2. The van der Waals surface area contributed by atoms with Crippen LogP contribution in [0.25, 0.3) is 0 Å². The summed E-state index contributed by atoms with van der Waals surface area (Å²) in [5.41, 5.74) is 1.00. The summed E-state index contributed by atoms with van der Waals surface area (Å²) >= 11 is 1.46. The molecule has 3 heterocycles. The number of rotatable bonds is 4. The summed E-state index contributed by atoms with van der Waals surface area (Å²) in [6.45, 7) is 4.91. The summed E-state index contributed by atoms with van der Waals surface area (Å²) in [6, 6.07) is 1.68. The highest BCUT2D eigenvalue weighted by Crippen LogP contribution is 2.28. The molecule has 8 nitrogen and oxygen atoms in total. The maximum Gasteiger partial charge on any atom is 0.239 e. The van der Waals surface area contributed by atoms with Crippen LogP contribution in [0.3, 0.4) is 0 Å². The Balaban J connectivity index is 1.57. The quantitative estimate of drug-likeness (QED) is 0.876. The molecule has 2 aromatic heterocycles. The molecule has 0 spiro atoms. The second-order valence-electron chi connectivity index (χ2n) is 5.40. The third-order valence-electron chi connectivity index (χ3n) is 3.36. The Hall–Kier alpha value is -2.26. The zero-order valence-corrected chi connectivity index (χ0v) is 13.7. The maximum atomic E-state index is 12.0. The van der Waals surface area contributed by atoms with Crippen molar-refractivity contribution in [1.82, 2.24) is 15.0 Å². The van der Waals surface area contributed by atoms with Gasteiger partial charge in [0.15, 0.2) is 10.9 Å². The predicted octanol–water partition coefficient (Wildman–Crippen LogP) is 1.39. The Kier molecular flexibility index (Phi) is 4.39. The molecule has 2 aromatic rings. The van der Waals surface area contributed by atoms with E-state index in [4.69, 9.17) is 4.52 Å². The minimum Gasteiger partial charge on any atom is -0.360 e. The van der Waals surface area contributed by atoms with E-state index in [1.54, 1.807) is 13.0 Å². The van der Waals surface area contributed by atoms with Crippen LogP contribution >= 0.6 is 11.3 Å². The van der Waals surface area contributed by atoms with E-state index in [0.29, 0.717) is 23.3 Å². The highest BCUT2D eigenvalue weighted by Gasteiger charge is 2.22. The Morgan fingerprint density at radius 1 is 1.43 bits per heavy atom. The van der Waals surface area contributed by atoms with Crippen molar-refractivity contribution >= 4 is 34.1 Å². The first-order valence-corrected chi connectivity index (χ1v) is 8.03. The molecule has 0 saturated carbocycles. The van der Waals surface area contributed by atoms with E-state index in [1.165, 1.54) is 18.3 Å². The van der Waals surface area contributed by atoms with E-state index in [9.17, 15) is 9.59 Å². The van der Waals surface area contributed by atoms with Crippen LogP contribution in [0.2, 0.25) is 0 Å².